The highest BCUT2D eigenvalue weighted by Crippen LogP contribution is 2.53. The zero-order valence-corrected chi connectivity index (χ0v) is 24.9. The molecule has 2 aromatic heterocycles. The van der Waals surface area contributed by atoms with Crippen LogP contribution in [0.4, 0.5) is 29.0 Å². The molecule has 0 radical (unpaired) electrons. The van der Waals surface area contributed by atoms with Crippen molar-refractivity contribution in [1.82, 2.24) is 19.9 Å². The van der Waals surface area contributed by atoms with Crippen molar-refractivity contribution in [2.24, 2.45) is 0 Å². The van der Waals surface area contributed by atoms with Gasteiger partial charge in [0.25, 0.3) is 0 Å². The summed E-state index contributed by atoms with van der Waals surface area (Å²) in [6.07, 6.45) is 4.02. The second kappa shape index (κ2) is 9.11. The minimum Gasteiger partial charge on any atom is -0.384 e. The van der Waals surface area contributed by atoms with Gasteiger partial charge in [-0.25, -0.2) is 9.97 Å². The third kappa shape index (κ3) is 4.45. The summed E-state index contributed by atoms with van der Waals surface area (Å²) >= 11 is 0. The molecule has 3 saturated heterocycles. The van der Waals surface area contributed by atoms with Gasteiger partial charge in [-0.15, -0.1) is 0 Å². The van der Waals surface area contributed by atoms with Crippen LogP contribution in [0.3, 0.4) is 0 Å². The molecule has 41 heavy (non-hydrogen) atoms. The van der Waals surface area contributed by atoms with Crippen molar-refractivity contribution < 1.29 is 9.84 Å². The van der Waals surface area contributed by atoms with Gasteiger partial charge in [-0.3, -0.25) is 4.90 Å². The van der Waals surface area contributed by atoms with Crippen LogP contribution in [-0.4, -0.2) is 75.4 Å². The first-order valence-electron chi connectivity index (χ1n) is 14.8. The van der Waals surface area contributed by atoms with Gasteiger partial charge in [-0.2, -0.15) is 4.98 Å². The number of benzene rings is 1. The minimum atomic E-state index is -1.05. The van der Waals surface area contributed by atoms with Crippen molar-refractivity contribution in [3.8, 4) is 0 Å². The summed E-state index contributed by atoms with van der Waals surface area (Å²) in [5.74, 6) is 2.16. The molecule has 1 aromatic carbocycles. The lowest BCUT2D eigenvalue weighted by molar-refractivity contribution is -0.0893. The summed E-state index contributed by atoms with van der Waals surface area (Å²) in [7, 11) is 2.23. The lowest BCUT2D eigenvalue weighted by Crippen LogP contribution is -2.54. The highest BCUT2D eigenvalue weighted by atomic mass is 16.5. The molecule has 0 aliphatic carbocycles. The molecule has 0 saturated carbocycles. The van der Waals surface area contributed by atoms with Crippen molar-refractivity contribution >= 4 is 29.0 Å². The average molecular weight is 556 g/mol. The Balaban J connectivity index is 1.21. The molecule has 0 amide bonds. The Morgan fingerprint density at radius 3 is 2.49 bits per heavy atom. The van der Waals surface area contributed by atoms with Crippen molar-refractivity contribution in [2.75, 3.05) is 41.9 Å². The van der Waals surface area contributed by atoms with Crippen LogP contribution in [0.1, 0.15) is 58.7 Å². The van der Waals surface area contributed by atoms with E-state index in [0.717, 1.165) is 42.4 Å². The van der Waals surface area contributed by atoms with Gasteiger partial charge in [0, 0.05) is 53.7 Å². The van der Waals surface area contributed by atoms with Gasteiger partial charge in [0.05, 0.1) is 23.9 Å². The van der Waals surface area contributed by atoms with E-state index in [2.05, 4.69) is 72.1 Å². The molecule has 216 valence electrons. The molecule has 0 unspecified atom stereocenters. The van der Waals surface area contributed by atoms with Gasteiger partial charge in [-0.1, -0.05) is 13.0 Å². The number of nitrogens with one attached hydrogen (secondary N) is 1. The first-order chi connectivity index (χ1) is 19.4. The largest absolute Gasteiger partial charge is 0.384 e. The summed E-state index contributed by atoms with van der Waals surface area (Å²) in [5, 5.41) is 14.2. The minimum absolute atomic E-state index is 0.0875. The van der Waals surface area contributed by atoms with Gasteiger partial charge in [-0.05, 0) is 84.0 Å². The van der Waals surface area contributed by atoms with Crippen molar-refractivity contribution in [3.05, 3.63) is 59.9 Å². The standard InChI is InChI=1S/C32H41N7O2/c1-30(2)15-26-32(5,19-41-30)24-16-33-29(36-28(24)39(26)27-9-7-8-25(35-27)31(3,4)40)34-20-10-12-21(13-11-20)38-18-22-14-23(38)17-37(22)6/h7-13,16,22-23,26,40H,14-15,17-19H2,1-6H3,(H,33,34,36)/t22-,23-,26+,32+/m1/s1. The van der Waals surface area contributed by atoms with Crippen LogP contribution in [0.15, 0.2) is 48.7 Å². The lowest BCUT2D eigenvalue weighted by atomic mass is 9.73. The van der Waals surface area contributed by atoms with Crippen LogP contribution >= 0.6 is 0 Å². The normalized spacial score (nSPS) is 28.6. The molecule has 0 spiro atoms. The summed E-state index contributed by atoms with van der Waals surface area (Å²) in [5.41, 5.74) is 2.29. The van der Waals surface area contributed by atoms with E-state index in [1.807, 2.05) is 24.4 Å². The SMILES string of the molecule is CN1C[C@H]2C[C@@H]1CN2c1ccc(Nc2ncc3c(n2)N(c2cccc(C(C)(C)O)n2)[C@H]2CC(C)(C)OC[C@@]32C)cc1. The van der Waals surface area contributed by atoms with Crippen LogP contribution in [0.5, 0.6) is 0 Å². The maximum atomic E-state index is 10.7. The number of pyridine rings is 1. The van der Waals surface area contributed by atoms with Gasteiger partial charge < -0.3 is 25.0 Å². The maximum absolute atomic E-state index is 10.7. The van der Waals surface area contributed by atoms with Crippen LogP contribution in [-0.2, 0) is 15.8 Å². The second-order valence-corrected chi connectivity index (χ2v) is 13.7. The van der Waals surface area contributed by atoms with Crippen molar-refractivity contribution in [3.63, 3.8) is 0 Å². The Hall–Kier alpha value is -3.27. The molecule has 4 aliphatic heterocycles. The molecule has 2 bridgehead atoms. The number of piperazine rings is 1. The smallest absolute Gasteiger partial charge is 0.229 e. The Bertz CT molecular complexity index is 1470. The van der Waals surface area contributed by atoms with Gasteiger partial charge in [0.1, 0.15) is 17.2 Å². The number of hydrogen-bond acceptors (Lipinski definition) is 9. The van der Waals surface area contributed by atoms with Gasteiger partial charge >= 0.3 is 0 Å². The monoisotopic (exact) mass is 555 g/mol. The Morgan fingerprint density at radius 1 is 1.02 bits per heavy atom. The average Bonchev–Trinajstić information content (AvgIpc) is 3.57. The number of hydrogen-bond donors (Lipinski definition) is 2. The van der Waals surface area contributed by atoms with Crippen LogP contribution in [0, 0.1) is 0 Å². The predicted molar refractivity (Wildman–Crippen MR) is 161 cm³/mol. The van der Waals surface area contributed by atoms with Crippen LogP contribution in [0.25, 0.3) is 0 Å². The summed E-state index contributed by atoms with van der Waals surface area (Å²) in [6.45, 7) is 12.9. The molecule has 2 N–H and O–H groups in total. The fourth-order valence-electron chi connectivity index (χ4n) is 7.21. The molecule has 4 atom stereocenters. The van der Waals surface area contributed by atoms with E-state index < -0.39 is 5.60 Å². The Labute approximate surface area is 242 Å². The maximum Gasteiger partial charge on any atom is 0.229 e. The number of nitrogens with zero attached hydrogens (tertiary/aromatic N) is 6. The zero-order chi connectivity index (χ0) is 28.7. The Kier molecular flexibility index (Phi) is 5.92. The van der Waals surface area contributed by atoms with Crippen LogP contribution < -0.4 is 15.1 Å². The van der Waals surface area contributed by atoms with E-state index in [-0.39, 0.29) is 17.1 Å². The molecular weight excluding hydrogens is 514 g/mol. The number of likely N-dealkylation sites (tertiary alicyclic amines) is 1. The third-order valence-electron chi connectivity index (χ3n) is 9.68. The van der Waals surface area contributed by atoms with Gasteiger partial charge in [0.2, 0.25) is 5.95 Å². The van der Waals surface area contributed by atoms with Crippen molar-refractivity contribution in [1.29, 1.82) is 0 Å². The van der Waals surface area contributed by atoms with E-state index in [4.69, 9.17) is 19.7 Å². The molecule has 9 heteroatoms. The second-order valence-electron chi connectivity index (χ2n) is 13.7. The Morgan fingerprint density at radius 2 is 1.80 bits per heavy atom. The third-order valence-corrected chi connectivity index (χ3v) is 9.68. The molecule has 7 rings (SSSR count). The van der Waals surface area contributed by atoms with E-state index in [1.165, 1.54) is 12.1 Å². The summed E-state index contributed by atoms with van der Waals surface area (Å²) in [6, 6.07) is 15.8. The van der Waals surface area contributed by atoms with E-state index in [1.54, 1.807) is 13.8 Å². The highest BCUT2D eigenvalue weighted by Gasteiger charge is 2.55. The number of rotatable bonds is 5. The molecule has 4 aliphatic rings. The first kappa shape index (κ1) is 26.6. The van der Waals surface area contributed by atoms with Crippen molar-refractivity contribution in [2.45, 2.75) is 82.2 Å². The number of ether oxygens (including phenoxy) is 1. The molecule has 9 nitrogen and oxygen atoms in total. The fraction of sp³-hybridized carbons (Fsp3) is 0.531. The number of fused-ring (bicyclic) bond motifs is 5. The van der Waals surface area contributed by atoms with E-state index in [0.29, 0.717) is 30.3 Å². The van der Waals surface area contributed by atoms with Crippen LogP contribution in [0.2, 0.25) is 0 Å². The highest BCUT2D eigenvalue weighted by molar-refractivity contribution is 5.71. The lowest BCUT2D eigenvalue weighted by Gasteiger charge is -2.46. The van der Waals surface area contributed by atoms with Gasteiger partial charge in [0.15, 0.2) is 0 Å². The summed E-state index contributed by atoms with van der Waals surface area (Å²) in [4.78, 5) is 22.0. The number of aromatic nitrogens is 3. The van der Waals surface area contributed by atoms with E-state index in [9.17, 15) is 5.11 Å². The number of aliphatic hydroxyl groups is 1. The number of likely N-dealkylation sites (N-methyl/N-ethyl adjacent to an activating group) is 1. The molecule has 3 aromatic rings. The quantitative estimate of drug-likeness (QED) is 0.464. The topological polar surface area (TPSA) is 89.9 Å². The number of anilines is 5. The fourth-order valence-corrected chi connectivity index (χ4v) is 7.21. The molecule has 3 fully saturated rings. The first-order valence-corrected chi connectivity index (χ1v) is 14.8. The van der Waals surface area contributed by atoms with E-state index >= 15 is 0 Å². The summed E-state index contributed by atoms with van der Waals surface area (Å²) < 4.78 is 6.34. The predicted octanol–water partition coefficient (Wildman–Crippen LogP) is 4.71. The molecular formula is C32H41N7O2. The zero-order valence-electron chi connectivity index (χ0n) is 24.9. The molecule has 6 heterocycles.